The first-order chi connectivity index (χ1) is 15.2. The van der Waals surface area contributed by atoms with E-state index in [1.165, 1.54) is 0 Å². The van der Waals surface area contributed by atoms with Crippen molar-refractivity contribution in [1.29, 1.82) is 0 Å². The number of halogens is 1. The van der Waals surface area contributed by atoms with Gasteiger partial charge in [-0.1, -0.05) is 52.3 Å². The maximum atomic E-state index is 12.4. The van der Waals surface area contributed by atoms with E-state index < -0.39 is 0 Å². The Balaban J connectivity index is 1.29. The van der Waals surface area contributed by atoms with Crippen molar-refractivity contribution in [1.82, 2.24) is 9.97 Å². The zero-order valence-electron chi connectivity index (χ0n) is 16.6. The Morgan fingerprint density at radius 3 is 2.68 bits per heavy atom. The predicted molar refractivity (Wildman–Crippen MR) is 130 cm³/mol. The molecule has 6 heteroatoms. The van der Waals surface area contributed by atoms with Gasteiger partial charge in [0, 0.05) is 21.2 Å². The van der Waals surface area contributed by atoms with Gasteiger partial charge in [-0.25, -0.2) is 9.97 Å². The Hall–Kier alpha value is -2.96. The molecular formula is C25H19BrN2O2S. The van der Waals surface area contributed by atoms with Crippen LogP contribution in [0.2, 0.25) is 0 Å². The van der Waals surface area contributed by atoms with E-state index in [4.69, 9.17) is 4.74 Å². The summed E-state index contributed by atoms with van der Waals surface area (Å²) in [5.41, 5.74) is 2.53. The molecule has 0 atom stereocenters. The second kappa shape index (κ2) is 10.4. The quantitative estimate of drug-likeness (QED) is 0.0931. The van der Waals surface area contributed by atoms with Crippen LogP contribution in [-0.4, -0.2) is 28.1 Å². The number of thioether (sulfide) groups is 1. The smallest absolute Gasteiger partial charge is 0.185 e. The lowest BCUT2D eigenvalue weighted by Gasteiger charge is -2.07. The Morgan fingerprint density at radius 2 is 1.84 bits per heavy atom. The molecule has 0 aliphatic heterocycles. The van der Waals surface area contributed by atoms with Gasteiger partial charge in [-0.15, -0.1) is 11.8 Å². The van der Waals surface area contributed by atoms with E-state index in [2.05, 4.69) is 25.9 Å². The van der Waals surface area contributed by atoms with Crippen LogP contribution in [0.1, 0.15) is 15.9 Å². The van der Waals surface area contributed by atoms with Crippen LogP contribution < -0.4 is 4.74 Å². The molecule has 3 aromatic carbocycles. The van der Waals surface area contributed by atoms with Gasteiger partial charge in [0.1, 0.15) is 17.1 Å². The number of benzene rings is 3. The fourth-order valence-electron chi connectivity index (χ4n) is 2.99. The van der Waals surface area contributed by atoms with Crippen molar-refractivity contribution in [3.63, 3.8) is 0 Å². The first kappa shape index (κ1) is 21.3. The molecule has 1 heterocycles. The third-order valence-electron chi connectivity index (χ3n) is 4.51. The fraction of sp³-hybridized carbons (Fsp3) is 0.0800. The normalized spacial score (nSPS) is 11.1. The Labute approximate surface area is 193 Å². The lowest BCUT2D eigenvalue weighted by molar-refractivity contribution is 0.104. The number of fused-ring (bicyclic) bond motifs is 1. The molecule has 31 heavy (non-hydrogen) atoms. The summed E-state index contributed by atoms with van der Waals surface area (Å²) in [5.74, 6) is 1.45. The van der Waals surface area contributed by atoms with Crippen molar-refractivity contribution in [3.05, 3.63) is 101 Å². The molecule has 0 saturated heterocycles. The minimum Gasteiger partial charge on any atom is -0.493 e. The van der Waals surface area contributed by atoms with Crippen LogP contribution in [0.5, 0.6) is 5.75 Å². The van der Waals surface area contributed by atoms with Gasteiger partial charge in [-0.05, 0) is 54.1 Å². The number of nitrogens with zero attached hydrogens (tertiary/aromatic N) is 2. The van der Waals surface area contributed by atoms with Gasteiger partial charge in [0.05, 0.1) is 12.1 Å². The summed E-state index contributed by atoms with van der Waals surface area (Å²) in [6.45, 7) is 0.541. The van der Waals surface area contributed by atoms with Crippen LogP contribution in [0, 0.1) is 0 Å². The van der Waals surface area contributed by atoms with Gasteiger partial charge >= 0.3 is 0 Å². The van der Waals surface area contributed by atoms with Gasteiger partial charge < -0.3 is 4.74 Å². The van der Waals surface area contributed by atoms with E-state index in [0.29, 0.717) is 12.2 Å². The third-order valence-corrected chi connectivity index (χ3v) is 5.97. The van der Waals surface area contributed by atoms with Crippen LogP contribution in [0.25, 0.3) is 17.0 Å². The standard InChI is InChI=1S/C25H19BrN2O2S/c26-20-5-3-4-18(16-20)8-13-24(29)19-9-11-21(12-10-19)30-14-15-31-25-22-6-1-2-7-23(22)27-17-28-25/h1-13,16-17H,14-15H2/b13-8+. The third kappa shape index (κ3) is 5.81. The zero-order valence-corrected chi connectivity index (χ0v) is 19.0. The van der Waals surface area contributed by atoms with E-state index in [1.807, 2.05) is 66.7 Å². The number of para-hydroxylation sites is 1. The van der Waals surface area contributed by atoms with Crippen molar-refractivity contribution < 1.29 is 9.53 Å². The van der Waals surface area contributed by atoms with Crippen molar-refractivity contribution in [3.8, 4) is 5.75 Å². The van der Waals surface area contributed by atoms with Crippen LogP contribution >= 0.6 is 27.7 Å². The molecule has 0 amide bonds. The molecule has 0 radical (unpaired) electrons. The largest absolute Gasteiger partial charge is 0.493 e. The number of carbonyl (C=O) groups excluding carboxylic acids is 1. The average Bonchev–Trinajstić information content (AvgIpc) is 2.81. The molecule has 0 fully saturated rings. The number of ketones is 1. The van der Waals surface area contributed by atoms with Crippen molar-refractivity contribution in [2.45, 2.75) is 5.03 Å². The van der Waals surface area contributed by atoms with E-state index in [0.717, 1.165) is 37.5 Å². The van der Waals surface area contributed by atoms with Gasteiger partial charge in [0.2, 0.25) is 0 Å². The lowest BCUT2D eigenvalue weighted by Crippen LogP contribution is -2.01. The molecule has 0 bridgehead atoms. The highest BCUT2D eigenvalue weighted by molar-refractivity contribution is 9.10. The summed E-state index contributed by atoms with van der Waals surface area (Å²) in [5, 5.41) is 2.00. The number of rotatable bonds is 8. The number of carbonyl (C=O) groups is 1. The van der Waals surface area contributed by atoms with E-state index in [9.17, 15) is 4.79 Å². The summed E-state index contributed by atoms with van der Waals surface area (Å²) in [6.07, 6.45) is 4.98. The monoisotopic (exact) mass is 490 g/mol. The highest BCUT2D eigenvalue weighted by atomic mass is 79.9. The molecule has 4 aromatic rings. The van der Waals surface area contributed by atoms with E-state index >= 15 is 0 Å². The van der Waals surface area contributed by atoms with E-state index in [-0.39, 0.29) is 5.78 Å². The molecule has 0 spiro atoms. The summed E-state index contributed by atoms with van der Waals surface area (Å²) in [6, 6.07) is 23.0. The molecule has 0 saturated carbocycles. The molecule has 0 aliphatic rings. The number of hydrogen-bond donors (Lipinski definition) is 0. The Morgan fingerprint density at radius 1 is 1.00 bits per heavy atom. The highest BCUT2D eigenvalue weighted by Crippen LogP contribution is 2.24. The van der Waals surface area contributed by atoms with Gasteiger partial charge in [-0.2, -0.15) is 0 Å². The molecule has 0 aliphatic carbocycles. The second-order valence-corrected chi connectivity index (χ2v) is 8.67. The summed E-state index contributed by atoms with van der Waals surface area (Å²) in [7, 11) is 0. The molecule has 4 rings (SSSR count). The molecular weight excluding hydrogens is 472 g/mol. The molecule has 154 valence electrons. The predicted octanol–water partition coefficient (Wildman–Crippen LogP) is 6.46. The van der Waals surface area contributed by atoms with E-state index in [1.54, 1.807) is 36.3 Å². The highest BCUT2D eigenvalue weighted by Gasteiger charge is 2.05. The fourth-order valence-corrected chi connectivity index (χ4v) is 4.21. The maximum Gasteiger partial charge on any atom is 0.185 e. The summed E-state index contributed by atoms with van der Waals surface area (Å²) in [4.78, 5) is 21.0. The lowest BCUT2D eigenvalue weighted by atomic mass is 10.1. The zero-order chi connectivity index (χ0) is 21.5. The molecule has 4 nitrogen and oxygen atoms in total. The second-order valence-electron chi connectivity index (χ2n) is 6.67. The minimum atomic E-state index is -0.0438. The van der Waals surface area contributed by atoms with Crippen molar-refractivity contribution in [2.24, 2.45) is 0 Å². The van der Waals surface area contributed by atoms with Crippen LogP contribution in [-0.2, 0) is 0 Å². The number of allylic oxidation sites excluding steroid dienone is 1. The molecule has 1 aromatic heterocycles. The van der Waals surface area contributed by atoms with Crippen LogP contribution in [0.3, 0.4) is 0 Å². The SMILES string of the molecule is O=C(/C=C/c1cccc(Br)c1)c1ccc(OCCSc2ncnc3ccccc23)cc1. The molecule has 0 N–H and O–H groups in total. The maximum absolute atomic E-state index is 12.4. The summed E-state index contributed by atoms with van der Waals surface area (Å²) >= 11 is 5.07. The Kier molecular flexibility index (Phi) is 7.12. The number of ether oxygens (including phenoxy) is 1. The van der Waals surface area contributed by atoms with Gasteiger partial charge in [0.15, 0.2) is 5.78 Å². The number of hydrogen-bond acceptors (Lipinski definition) is 5. The van der Waals surface area contributed by atoms with Crippen molar-refractivity contribution in [2.75, 3.05) is 12.4 Å². The minimum absolute atomic E-state index is 0.0438. The average molecular weight is 491 g/mol. The summed E-state index contributed by atoms with van der Waals surface area (Å²) < 4.78 is 6.80. The van der Waals surface area contributed by atoms with Crippen LogP contribution in [0.15, 0.2) is 94.7 Å². The first-order valence-electron chi connectivity index (χ1n) is 9.72. The molecule has 0 unspecified atom stereocenters. The van der Waals surface area contributed by atoms with Crippen molar-refractivity contribution >= 4 is 50.5 Å². The topological polar surface area (TPSA) is 52.1 Å². The first-order valence-corrected chi connectivity index (χ1v) is 11.5. The van der Waals surface area contributed by atoms with Crippen LogP contribution in [0.4, 0.5) is 0 Å². The number of aromatic nitrogens is 2. The van der Waals surface area contributed by atoms with Gasteiger partial charge in [-0.3, -0.25) is 4.79 Å². The Bertz CT molecular complexity index is 1220. The van der Waals surface area contributed by atoms with Gasteiger partial charge in [0.25, 0.3) is 0 Å².